The zero-order valence-electron chi connectivity index (χ0n) is 29.6. The SMILES string of the molecule is CC(C)=C[SiH2]c1ccc(C(=O)OOOC(=O)OCCCCCCCCCCCCOC(=O)OOOC(=O)c2ccc([SiH2]C=C(C)C)cc2)cc1. The monoisotopic (exact) mass is 730 g/mol. The van der Waals surface area contributed by atoms with Crippen LogP contribution in [0.3, 0.4) is 0 Å². The summed E-state index contributed by atoms with van der Waals surface area (Å²) in [6, 6.07) is 14.0. The van der Waals surface area contributed by atoms with Crippen molar-refractivity contribution in [1.29, 1.82) is 0 Å². The molecule has 14 heteroatoms. The van der Waals surface area contributed by atoms with Crippen LogP contribution in [0.1, 0.15) is 113 Å². The first-order valence-corrected chi connectivity index (χ1v) is 20.1. The highest BCUT2D eigenvalue weighted by Crippen LogP contribution is 2.11. The van der Waals surface area contributed by atoms with Gasteiger partial charge in [0.2, 0.25) is 0 Å². The highest BCUT2D eigenvalue weighted by molar-refractivity contribution is 6.59. The molecule has 0 heterocycles. The minimum atomic E-state index is -1.08. The Kier molecular flexibility index (Phi) is 21.5. The van der Waals surface area contributed by atoms with Crippen molar-refractivity contribution in [1.82, 2.24) is 0 Å². The van der Waals surface area contributed by atoms with Crippen LogP contribution in [-0.2, 0) is 39.1 Å². The van der Waals surface area contributed by atoms with Crippen LogP contribution in [0, 0.1) is 0 Å². The Labute approximate surface area is 298 Å². The minimum absolute atomic E-state index is 0.173. The van der Waals surface area contributed by atoms with Gasteiger partial charge in [-0.1, -0.05) is 109 Å². The highest BCUT2D eigenvalue weighted by atomic mass is 28.2. The number of ether oxygens (including phenoxy) is 2. The van der Waals surface area contributed by atoms with Crippen LogP contribution in [0.5, 0.6) is 0 Å². The van der Waals surface area contributed by atoms with Gasteiger partial charge in [-0.2, -0.15) is 0 Å². The zero-order valence-corrected chi connectivity index (χ0v) is 32.4. The van der Waals surface area contributed by atoms with E-state index in [-0.39, 0.29) is 24.3 Å². The van der Waals surface area contributed by atoms with Crippen molar-refractivity contribution in [3.63, 3.8) is 0 Å². The summed E-state index contributed by atoms with van der Waals surface area (Å²) in [4.78, 5) is 64.9. The van der Waals surface area contributed by atoms with Gasteiger partial charge in [0.25, 0.3) is 0 Å². The lowest BCUT2D eigenvalue weighted by atomic mass is 10.1. The molecule has 0 aromatic heterocycles. The van der Waals surface area contributed by atoms with Crippen LogP contribution in [0.25, 0.3) is 0 Å². The molecule has 2 aromatic carbocycles. The lowest BCUT2D eigenvalue weighted by Gasteiger charge is -2.06. The van der Waals surface area contributed by atoms with Crippen molar-refractivity contribution in [2.24, 2.45) is 0 Å². The van der Waals surface area contributed by atoms with Crippen molar-refractivity contribution < 1.29 is 58.3 Å². The molecule has 274 valence electrons. The number of benzene rings is 2. The highest BCUT2D eigenvalue weighted by Gasteiger charge is 2.13. The summed E-state index contributed by atoms with van der Waals surface area (Å²) in [6.45, 7) is 8.56. The third-order valence-corrected chi connectivity index (χ3v) is 11.2. The maximum atomic E-state index is 12.0. The summed E-state index contributed by atoms with van der Waals surface area (Å²) in [7, 11) is -1.04. The standard InChI is InChI=1S/C36H50O12Si2/c1-27(2)25-49-31-19-15-29(16-20-31)33(37)43-47-45-35(39)41-23-13-11-9-7-5-6-8-10-12-14-24-42-36(40)46-48-44-34(38)30-17-21-32(22-18-30)50-26-28(3)4/h15-22,25-26H,5-14,23-24,49-50H2,1-4H3. The van der Waals surface area contributed by atoms with Crippen LogP contribution >= 0.6 is 0 Å². The van der Waals surface area contributed by atoms with Gasteiger partial charge in [0, 0.05) is 0 Å². The molecule has 0 bridgehead atoms. The molecule has 0 N–H and O–H groups in total. The van der Waals surface area contributed by atoms with Gasteiger partial charge in [-0.3, -0.25) is 9.78 Å². The Morgan fingerprint density at radius 2 is 0.800 bits per heavy atom. The molecule has 0 spiro atoms. The van der Waals surface area contributed by atoms with E-state index in [1.54, 1.807) is 24.3 Å². The van der Waals surface area contributed by atoms with Crippen LogP contribution in [0.15, 0.2) is 71.1 Å². The average Bonchev–Trinajstić information content (AvgIpc) is 3.10. The molecule has 0 saturated heterocycles. The van der Waals surface area contributed by atoms with Gasteiger partial charge in [0.1, 0.15) is 0 Å². The van der Waals surface area contributed by atoms with E-state index < -0.39 is 43.3 Å². The van der Waals surface area contributed by atoms with E-state index in [1.807, 2.05) is 24.3 Å². The summed E-state index contributed by atoms with van der Waals surface area (Å²) in [5.74, 6) is -1.55. The molecular formula is C36H50O12Si2. The van der Waals surface area contributed by atoms with Gasteiger partial charge in [0.05, 0.1) is 53.5 Å². The lowest BCUT2D eigenvalue weighted by molar-refractivity contribution is -0.452. The molecule has 0 fully saturated rings. The first-order chi connectivity index (χ1) is 24.1. The van der Waals surface area contributed by atoms with Gasteiger partial charge in [0.15, 0.2) is 0 Å². The predicted molar refractivity (Wildman–Crippen MR) is 192 cm³/mol. The van der Waals surface area contributed by atoms with Crippen LogP contribution in [-0.4, -0.2) is 56.5 Å². The number of allylic oxidation sites excluding steroid dienone is 2. The number of carbonyl (C=O) groups excluding carboxylic acids is 4. The minimum Gasteiger partial charge on any atom is -0.432 e. The summed E-state index contributed by atoms with van der Waals surface area (Å²) in [5.41, 5.74) is 7.56. The molecule has 0 saturated carbocycles. The van der Waals surface area contributed by atoms with E-state index in [2.05, 4.69) is 68.7 Å². The number of unbranched alkanes of at least 4 members (excludes halogenated alkanes) is 9. The second kappa shape index (κ2) is 25.7. The Morgan fingerprint density at radius 3 is 1.12 bits per heavy atom. The predicted octanol–water partition coefficient (Wildman–Crippen LogP) is 6.04. The van der Waals surface area contributed by atoms with Crippen molar-refractivity contribution in [3.05, 3.63) is 82.2 Å². The molecule has 0 radical (unpaired) electrons. The summed E-state index contributed by atoms with van der Waals surface area (Å²) in [5, 5.41) is 10.9. The maximum Gasteiger partial charge on any atom is 0.543 e. The Balaban J connectivity index is 1.35. The van der Waals surface area contributed by atoms with Gasteiger partial charge in [-0.15, -0.1) is 0 Å². The summed E-state index contributed by atoms with van der Waals surface area (Å²) >= 11 is 0. The summed E-state index contributed by atoms with van der Waals surface area (Å²) in [6.07, 6.45) is 7.38. The number of carbonyl (C=O) groups is 4. The normalized spacial score (nSPS) is 10.9. The fourth-order valence-corrected chi connectivity index (χ4v) is 6.73. The van der Waals surface area contributed by atoms with E-state index in [4.69, 9.17) is 9.47 Å². The van der Waals surface area contributed by atoms with E-state index in [9.17, 15) is 19.2 Å². The number of rotatable bonds is 23. The molecule has 0 aliphatic carbocycles. The number of hydrogen-bond acceptors (Lipinski definition) is 12. The lowest BCUT2D eigenvalue weighted by Crippen LogP contribution is -2.15. The topological polar surface area (TPSA) is 142 Å². The molecule has 0 aliphatic rings. The third-order valence-electron chi connectivity index (χ3n) is 7.27. The summed E-state index contributed by atoms with van der Waals surface area (Å²) < 4.78 is 9.83. The van der Waals surface area contributed by atoms with E-state index in [0.717, 1.165) is 51.4 Å². The van der Waals surface area contributed by atoms with Gasteiger partial charge in [-0.05, 0) is 64.8 Å². The maximum absolute atomic E-state index is 12.0. The van der Waals surface area contributed by atoms with Crippen LogP contribution in [0.4, 0.5) is 9.59 Å². The molecule has 2 rings (SSSR count). The molecule has 12 nitrogen and oxygen atoms in total. The molecular weight excluding hydrogens is 681 g/mol. The van der Waals surface area contributed by atoms with Gasteiger partial charge in [-0.25, -0.2) is 29.0 Å². The van der Waals surface area contributed by atoms with E-state index in [1.165, 1.54) is 21.5 Å². The first-order valence-electron chi connectivity index (χ1n) is 17.0. The smallest absolute Gasteiger partial charge is 0.432 e. The van der Waals surface area contributed by atoms with Crippen molar-refractivity contribution in [2.75, 3.05) is 13.2 Å². The zero-order chi connectivity index (χ0) is 36.4. The van der Waals surface area contributed by atoms with Crippen LogP contribution in [0.2, 0.25) is 0 Å². The first kappa shape index (κ1) is 41.9. The van der Waals surface area contributed by atoms with E-state index >= 15 is 0 Å². The average molecular weight is 731 g/mol. The fourth-order valence-electron chi connectivity index (χ4n) is 4.42. The largest absolute Gasteiger partial charge is 0.543 e. The van der Waals surface area contributed by atoms with Gasteiger partial charge < -0.3 is 9.47 Å². The number of hydrogen-bond donors (Lipinski definition) is 0. The molecule has 50 heavy (non-hydrogen) atoms. The van der Waals surface area contributed by atoms with Crippen LogP contribution < -0.4 is 10.4 Å². The Morgan fingerprint density at radius 1 is 0.480 bits per heavy atom. The molecule has 0 unspecified atom stereocenters. The second-order valence-corrected chi connectivity index (χ2v) is 15.4. The quantitative estimate of drug-likeness (QED) is 0.0433. The second-order valence-electron chi connectivity index (χ2n) is 12.1. The fraction of sp³-hybridized carbons (Fsp3) is 0.444. The van der Waals surface area contributed by atoms with Crippen molar-refractivity contribution >= 4 is 53.7 Å². The molecule has 2 aromatic rings. The van der Waals surface area contributed by atoms with E-state index in [0.29, 0.717) is 12.8 Å². The Hall–Kier alpha value is -4.25. The van der Waals surface area contributed by atoms with Gasteiger partial charge >= 0.3 is 24.2 Å². The molecule has 0 atom stereocenters. The van der Waals surface area contributed by atoms with Crippen molar-refractivity contribution in [3.8, 4) is 0 Å². The third kappa shape index (κ3) is 20.3. The Bertz CT molecular complexity index is 1260. The molecule has 0 aliphatic heterocycles. The van der Waals surface area contributed by atoms with Crippen molar-refractivity contribution in [2.45, 2.75) is 91.9 Å². The molecule has 0 amide bonds.